The molecule has 7 nitrogen and oxygen atoms in total. The van der Waals surface area contributed by atoms with Crippen LogP contribution in [0.25, 0.3) is 22.3 Å². The molecule has 0 unspecified atom stereocenters. The molecular formula is C23H21N5O2. The third kappa shape index (κ3) is 3.15. The molecule has 3 N–H and O–H groups in total. The van der Waals surface area contributed by atoms with E-state index in [2.05, 4.69) is 27.9 Å². The van der Waals surface area contributed by atoms with Gasteiger partial charge in [-0.25, -0.2) is 15.0 Å². The van der Waals surface area contributed by atoms with Gasteiger partial charge in [-0.3, -0.25) is 4.79 Å². The highest BCUT2D eigenvalue weighted by Crippen LogP contribution is 2.44. The lowest BCUT2D eigenvalue weighted by atomic mass is 10.0. The third-order valence-corrected chi connectivity index (χ3v) is 5.75. The Morgan fingerprint density at radius 2 is 2.07 bits per heavy atom. The average Bonchev–Trinajstić information content (AvgIpc) is 3.57. The zero-order valence-corrected chi connectivity index (χ0v) is 16.6. The number of aromatic nitrogens is 3. The summed E-state index contributed by atoms with van der Waals surface area (Å²) in [5, 5.41) is 10.5. The SMILES string of the molecule is CN1CC[C@@](O)(C#Cc2cccc(-c3cc(C4CC4)c4ncnc(N)c4n3)c2)C1=O. The predicted octanol–water partition coefficient (Wildman–Crippen LogP) is 2.10. The van der Waals surface area contributed by atoms with E-state index in [9.17, 15) is 9.90 Å². The Balaban J connectivity index is 1.55. The first kappa shape index (κ1) is 18.5. The zero-order valence-electron chi connectivity index (χ0n) is 16.6. The van der Waals surface area contributed by atoms with Crippen LogP contribution >= 0.6 is 0 Å². The highest BCUT2D eigenvalue weighted by atomic mass is 16.3. The van der Waals surface area contributed by atoms with Crippen molar-refractivity contribution in [1.29, 1.82) is 0 Å². The number of aliphatic hydroxyl groups is 1. The quantitative estimate of drug-likeness (QED) is 0.640. The molecule has 1 saturated carbocycles. The number of carbonyl (C=O) groups excluding carboxylic acids is 1. The molecule has 3 heterocycles. The highest BCUT2D eigenvalue weighted by Gasteiger charge is 2.42. The Labute approximate surface area is 174 Å². The smallest absolute Gasteiger partial charge is 0.267 e. The number of nitrogens with zero attached hydrogens (tertiary/aromatic N) is 4. The molecule has 2 aromatic heterocycles. The van der Waals surface area contributed by atoms with E-state index in [-0.39, 0.29) is 5.91 Å². The summed E-state index contributed by atoms with van der Waals surface area (Å²) in [4.78, 5) is 26.9. The van der Waals surface area contributed by atoms with Gasteiger partial charge in [0.05, 0.1) is 11.2 Å². The predicted molar refractivity (Wildman–Crippen MR) is 113 cm³/mol. The first-order valence-electron chi connectivity index (χ1n) is 9.97. The Kier molecular flexibility index (Phi) is 4.19. The fourth-order valence-corrected chi connectivity index (χ4v) is 3.84. The fourth-order valence-electron chi connectivity index (χ4n) is 3.84. The number of amides is 1. The van der Waals surface area contributed by atoms with Crippen LogP contribution in [0.1, 0.15) is 36.3 Å². The van der Waals surface area contributed by atoms with Crippen LogP contribution in [0.5, 0.6) is 0 Å². The van der Waals surface area contributed by atoms with E-state index in [1.54, 1.807) is 7.05 Å². The highest BCUT2D eigenvalue weighted by molar-refractivity contribution is 5.91. The molecule has 3 aromatic rings. The summed E-state index contributed by atoms with van der Waals surface area (Å²) in [5.41, 5.74) is 9.41. The molecule has 2 fully saturated rings. The first-order valence-corrected chi connectivity index (χ1v) is 9.97. The molecule has 1 aliphatic heterocycles. The van der Waals surface area contributed by atoms with Crippen molar-refractivity contribution in [2.45, 2.75) is 30.8 Å². The number of benzene rings is 1. The molecule has 0 radical (unpaired) electrons. The lowest BCUT2D eigenvalue weighted by molar-refractivity contribution is -0.137. The number of carbonyl (C=O) groups is 1. The van der Waals surface area contributed by atoms with Crippen LogP contribution < -0.4 is 5.73 Å². The van der Waals surface area contributed by atoms with Gasteiger partial charge in [-0.05, 0) is 42.5 Å². The molecule has 1 aromatic carbocycles. The van der Waals surface area contributed by atoms with Gasteiger partial charge in [0.2, 0.25) is 5.60 Å². The molecule has 7 heteroatoms. The second kappa shape index (κ2) is 6.78. The van der Waals surface area contributed by atoms with E-state index in [1.807, 2.05) is 24.3 Å². The van der Waals surface area contributed by atoms with Crippen molar-refractivity contribution in [3.63, 3.8) is 0 Å². The van der Waals surface area contributed by atoms with Crippen molar-refractivity contribution < 1.29 is 9.90 Å². The average molecular weight is 399 g/mol. The molecule has 30 heavy (non-hydrogen) atoms. The molecule has 1 aliphatic carbocycles. The number of anilines is 1. The third-order valence-electron chi connectivity index (χ3n) is 5.75. The van der Waals surface area contributed by atoms with Gasteiger partial charge in [0, 0.05) is 31.1 Å². The van der Waals surface area contributed by atoms with Gasteiger partial charge in [0.1, 0.15) is 11.8 Å². The van der Waals surface area contributed by atoms with Crippen LogP contribution in [0.15, 0.2) is 36.7 Å². The van der Waals surface area contributed by atoms with Gasteiger partial charge in [-0.15, -0.1) is 0 Å². The van der Waals surface area contributed by atoms with Crippen LogP contribution in [0.3, 0.4) is 0 Å². The monoisotopic (exact) mass is 399 g/mol. The minimum absolute atomic E-state index is 0.311. The van der Waals surface area contributed by atoms with E-state index in [0.29, 0.717) is 35.8 Å². The maximum absolute atomic E-state index is 12.1. The van der Waals surface area contributed by atoms with Crippen molar-refractivity contribution in [3.05, 3.63) is 47.8 Å². The van der Waals surface area contributed by atoms with E-state index < -0.39 is 5.60 Å². The molecule has 0 bridgehead atoms. The van der Waals surface area contributed by atoms with Crippen molar-refractivity contribution in [3.8, 4) is 23.1 Å². The molecule has 5 rings (SSSR count). The summed E-state index contributed by atoms with van der Waals surface area (Å²) < 4.78 is 0. The minimum Gasteiger partial charge on any atom is -0.382 e. The lowest BCUT2D eigenvalue weighted by Crippen LogP contribution is -2.37. The number of nitrogens with two attached hydrogens (primary N) is 1. The summed E-state index contributed by atoms with van der Waals surface area (Å²) in [6.07, 6.45) is 4.06. The van der Waals surface area contributed by atoms with Gasteiger partial charge < -0.3 is 15.7 Å². The van der Waals surface area contributed by atoms with Crippen LogP contribution in [0.4, 0.5) is 5.82 Å². The Morgan fingerprint density at radius 1 is 1.23 bits per heavy atom. The molecular weight excluding hydrogens is 378 g/mol. The number of rotatable bonds is 2. The van der Waals surface area contributed by atoms with Gasteiger partial charge >= 0.3 is 0 Å². The number of hydrogen-bond donors (Lipinski definition) is 2. The standard InChI is InChI=1S/C23H21N5O2/c1-28-10-9-23(30,22(28)29)8-7-14-3-2-4-16(11-14)18-12-17(15-5-6-15)19-20(27-18)21(24)26-13-25-19/h2-4,11-13,15,30H,5-6,9-10H2,1H3,(H2,24,25,26)/t23-/m0/s1. The van der Waals surface area contributed by atoms with Gasteiger partial charge in [0.15, 0.2) is 5.82 Å². The largest absolute Gasteiger partial charge is 0.382 e. The van der Waals surface area contributed by atoms with Crippen LogP contribution in [0.2, 0.25) is 0 Å². The Morgan fingerprint density at radius 3 is 2.80 bits per heavy atom. The summed E-state index contributed by atoms with van der Waals surface area (Å²) in [6.45, 7) is 0.499. The number of likely N-dealkylation sites (tertiary alicyclic amines) is 1. The van der Waals surface area contributed by atoms with Crippen LogP contribution in [-0.4, -0.2) is 50.1 Å². The Hall–Kier alpha value is -3.50. The minimum atomic E-state index is -1.61. The van der Waals surface area contributed by atoms with Gasteiger partial charge in [-0.1, -0.05) is 24.0 Å². The summed E-state index contributed by atoms with van der Waals surface area (Å²) >= 11 is 0. The number of fused-ring (bicyclic) bond motifs is 1. The molecule has 1 atom stereocenters. The molecule has 1 amide bonds. The molecule has 0 spiro atoms. The summed E-state index contributed by atoms with van der Waals surface area (Å²) in [6, 6.07) is 9.67. The summed E-state index contributed by atoms with van der Waals surface area (Å²) in [5.74, 6) is 6.22. The first-order chi connectivity index (χ1) is 14.4. The second-order valence-electron chi connectivity index (χ2n) is 7.99. The molecule has 150 valence electrons. The zero-order chi connectivity index (χ0) is 20.9. The van der Waals surface area contributed by atoms with Crippen LogP contribution in [0, 0.1) is 11.8 Å². The van der Waals surface area contributed by atoms with E-state index in [1.165, 1.54) is 11.2 Å². The molecule has 2 aliphatic rings. The maximum atomic E-state index is 12.1. The fraction of sp³-hybridized carbons (Fsp3) is 0.304. The van der Waals surface area contributed by atoms with Gasteiger partial charge in [0.25, 0.3) is 5.91 Å². The Bertz CT molecular complexity index is 1240. The van der Waals surface area contributed by atoms with E-state index in [0.717, 1.165) is 35.2 Å². The number of hydrogen-bond acceptors (Lipinski definition) is 6. The second-order valence-corrected chi connectivity index (χ2v) is 7.99. The lowest BCUT2D eigenvalue weighted by Gasteiger charge is -2.13. The number of pyridine rings is 1. The topological polar surface area (TPSA) is 105 Å². The van der Waals surface area contributed by atoms with Crippen molar-refractivity contribution >= 4 is 22.8 Å². The number of nitrogen functional groups attached to an aromatic ring is 1. The van der Waals surface area contributed by atoms with E-state index in [4.69, 9.17) is 10.7 Å². The molecule has 1 saturated heterocycles. The van der Waals surface area contributed by atoms with Crippen molar-refractivity contribution in [2.75, 3.05) is 19.3 Å². The normalized spacial score (nSPS) is 21.0. The maximum Gasteiger partial charge on any atom is 0.267 e. The van der Waals surface area contributed by atoms with Crippen LogP contribution in [-0.2, 0) is 4.79 Å². The van der Waals surface area contributed by atoms with Gasteiger partial charge in [-0.2, -0.15) is 0 Å². The van der Waals surface area contributed by atoms with Crippen molar-refractivity contribution in [2.24, 2.45) is 0 Å². The number of likely N-dealkylation sites (N-methyl/N-ethyl adjacent to an activating group) is 1. The van der Waals surface area contributed by atoms with Crippen molar-refractivity contribution in [1.82, 2.24) is 19.9 Å². The van der Waals surface area contributed by atoms with E-state index >= 15 is 0 Å². The summed E-state index contributed by atoms with van der Waals surface area (Å²) in [7, 11) is 1.67.